The average Bonchev–Trinajstić information content (AvgIpc) is 2.87. The molecule has 0 unspecified atom stereocenters. The normalized spacial score (nSPS) is 20.4. The Kier molecular flexibility index (Phi) is 5.05. The van der Waals surface area contributed by atoms with Gasteiger partial charge in [0.1, 0.15) is 12.4 Å². The van der Waals surface area contributed by atoms with E-state index in [0.717, 1.165) is 5.75 Å². The van der Waals surface area contributed by atoms with E-state index < -0.39 is 12.1 Å². The highest BCUT2D eigenvalue weighted by Gasteiger charge is 2.43. The first-order chi connectivity index (χ1) is 10.2. The maximum atomic E-state index is 12.6. The average molecular weight is 315 g/mol. The van der Waals surface area contributed by atoms with Gasteiger partial charge in [0.25, 0.3) is 0 Å². The molecule has 0 aliphatic carbocycles. The van der Waals surface area contributed by atoms with E-state index in [-0.39, 0.29) is 18.4 Å². The molecule has 0 radical (unpaired) electrons. The lowest BCUT2D eigenvalue weighted by molar-refractivity contribution is -0.170. The monoisotopic (exact) mass is 315 g/mol. The van der Waals surface area contributed by atoms with Gasteiger partial charge in [-0.1, -0.05) is 32.9 Å². The molecule has 1 aliphatic rings. The first kappa shape index (κ1) is 17.1. The van der Waals surface area contributed by atoms with Crippen LogP contribution < -0.4 is 4.74 Å². The Morgan fingerprint density at radius 1 is 1.14 bits per heavy atom. The van der Waals surface area contributed by atoms with E-state index in [1.807, 2.05) is 29.2 Å². The Hall–Kier alpha value is -1.23. The number of benzene rings is 1. The van der Waals surface area contributed by atoms with Crippen LogP contribution in [0.2, 0.25) is 0 Å². The Morgan fingerprint density at radius 3 is 2.27 bits per heavy atom. The quantitative estimate of drug-likeness (QED) is 0.824. The molecule has 0 spiro atoms. The molecule has 0 aromatic heterocycles. The van der Waals surface area contributed by atoms with Crippen molar-refractivity contribution in [1.82, 2.24) is 4.90 Å². The van der Waals surface area contributed by atoms with Crippen molar-refractivity contribution in [2.45, 2.75) is 38.8 Å². The smallest absolute Gasteiger partial charge is 0.393 e. The van der Waals surface area contributed by atoms with E-state index in [9.17, 15) is 13.2 Å². The molecule has 0 saturated carbocycles. The molecule has 1 aromatic rings. The second kappa shape index (κ2) is 6.49. The lowest BCUT2D eigenvalue weighted by Gasteiger charge is -2.20. The summed E-state index contributed by atoms with van der Waals surface area (Å²) >= 11 is 0. The van der Waals surface area contributed by atoms with Gasteiger partial charge < -0.3 is 4.74 Å². The van der Waals surface area contributed by atoms with Gasteiger partial charge in [-0.15, -0.1) is 0 Å². The summed E-state index contributed by atoms with van der Waals surface area (Å²) < 4.78 is 43.4. The van der Waals surface area contributed by atoms with Crippen LogP contribution in [0.15, 0.2) is 24.3 Å². The van der Waals surface area contributed by atoms with Crippen LogP contribution in [0.3, 0.4) is 0 Å². The number of ether oxygens (including phenoxy) is 1. The molecule has 1 saturated heterocycles. The minimum Gasteiger partial charge on any atom is -0.492 e. The summed E-state index contributed by atoms with van der Waals surface area (Å²) in [6.45, 7) is 7.98. The van der Waals surface area contributed by atoms with Gasteiger partial charge in [-0.3, -0.25) is 4.90 Å². The van der Waals surface area contributed by atoms with Crippen molar-refractivity contribution in [3.63, 3.8) is 0 Å². The fraction of sp³-hybridized carbons (Fsp3) is 0.647. The zero-order valence-corrected chi connectivity index (χ0v) is 13.4. The lowest BCUT2D eigenvalue weighted by Crippen LogP contribution is -2.30. The van der Waals surface area contributed by atoms with E-state index in [1.165, 1.54) is 5.56 Å². The molecule has 0 bridgehead atoms. The van der Waals surface area contributed by atoms with E-state index in [0.29, 0.717) is 19.7 Å². The highest BCUT2D eigenvalue weighted by atomic mass is 19.4. The molecule has 2 nitrogen and oxygen atoms in total. The van der Waals surface area contributed by atoms with Crippen LogP contribution in [-0.2, 0) is 5.41 Å². The van der Waals surface area contributed by atoms with E-state index in [4.69, 9.17) is 4.74 Å². The summed E-state index contributed by atoms with van der Waals surface area (Å²) in [5, 5.41) is 0. The van der Waals surface area contributed by atoms with E-state index in [1.54, 1.807) is 0 Å². The minimum atomic E-state index is -4.07. The molecule has 5 heteroatoms. The van der Waals surface area contributed by atoms with Crippen LogP contribution in [0.4, 0.5) is 13.2 Å². The van der Waals surface area contributed by atoms with Crippen molar-refractivity contribution in [1.29, 1.82) is 0 Å². The first-order valence-corrected chi connectivity index (χ1v) is 7.68. The van der Waals surface area contributed by atoms with Crippen molar-refractivity contribution < 1.29 is 17.9 Å². The first-order valence-electron chi connectivity index (χ1n) is 7.68. The van der Waals surface area contributed by atoms with Gasteiger partial charge >= 0.3 is 6.18 Å². The molecule has 1 heterocycles. The van der Waals surface area contributed by atoms with Crippen LogP contribution in [0.25, 0.3) is 0 Å². The van der Waals surface area contributed by atoms with Crippen LogP contribution in [-0.4, -0.2) is 37.3 Å². The predicted molar refractivity (Wildman–Crippen MR) is 81.2 cm³/mol. The highest BCUT2D eigenvalue weighted by molar-refractivity contribution is 5.31. The van der Waals surface area contributed by atoms with Gasteiger partial charge in [-0.05, 0) is 36.1 Å². The third-order valence-electron chi connectivity index (χ3n) is 4.13. The molecule has 2 rings (SSSR count). The van der Waals surface area contributed by atoms with Crippen molar-refractivity contribution >= 4 is 0 Å². The molecule has 1 fully saturated rings. The van der Waals surface area contributed by atoms with E-state index in [2.05, 4.69) is 20.8 Å². The molecule has 1 aliphatic heterocycles. The minimum absolute atomic E-state index is 0.0931. The Bertz CT molecular complexity index is 476. The summed E-state index contributed by atoms with van der Waals surface area (Å²) in [7, 11) is 0. The molecule has 1 aromatic carbocycles. The Balaban J connectivity index is 1.76. The van der Waals surface area contributed by atoms with Crippen LogP contribution in [0.5, 0.6) is 5.75 Å². The lowest BCUT2D eigenvalue weighted by atomic mass is 9.87. The predicted octanol–water partition coefficient (Wildman–Crippen LogP) is 4.25. The van der Waals surface area contributed by atoms with Gasteiger partial charge in [0.15, 0.2) is 0 Å². The van der Waals surface area contributed by atoms with Crippen LogP contribution in [0, 0.1) is 5.92 Å². The molecule has 0 N–H and O–H groups in total. The molecule has 1 atom stereocenters. The summed E-state index contributed by atoms with van der Waals surface area (Å²) in [6, 6.07) is 7.90. The van der Waals surface area contributed by atoms with Crippen LogP contribution >= 0.6 is 0 Å². The van der Waals surface area contributed by atoms with Gasteiger partial charge in [-0.2, -0.15) is 13.2 Å². The van der Waals surface area contributed by atoms with Gasteiger partial charge in [0.2, 0.25) is 0 Å². The maximum absolute atomic E-state index is 12.6. The summed E-state index contributed by atoms with van der Waals surface area (Å²) in [5.74, 6) is -0.418. The largest absolute Gasteiger partial charge is 0.492 e. The van der Waals surface area contributed by atoms with Gasteiger partial charge in [-0.25, -0.2) is 0 Å². The van der Waals surface area contributed by atoms with Crippen molar-refractivity contribution in [3.8, 4) is 5.75 Å². The van der Waals surface area contributed by atoms with Crippen molar-refractivity contribution in [2.24, 2.45) is 5.92 Å². The molecule has 22 heavy (non-hydrogen) atoms. The zero-order valence-electron chi connectivity index (χ0n) is 13.4. The highest BCUT2D eigenvalue weighted by Crippen LogP contribution is 2.33. The number of nitrogens with zero attached hydrogens (tertiary/aromatic N) is 1. The Labute approximate surface area is 130 Å². The number of rotatable bonds is 4. The van der Waals surface area contributed by atoms with Crippen molar-refractivity contribution in [3.05, 3.63) is 29.8 Å². The van der Waals surface area contributed by atoms with Gasteiger partial charge in [0, 0.05) is 13.1 Å². The molecular formula is C17H24F3NO. The standard InChI is InChI=1S/C17H24F3NO/c1-16(2,3)13-4-6-15(7-5-13)22-11-10-21-9-8-14(12-21)17(18,19)20/h4-7,14H,8-12H2,1-3H3/t14-/m1/s1. The van der Waals surface area contributed by atoms with E-state index >= 15 is 0 Å². The summed E-state index contributed by atoms with van der Waals surface area (Å²) in [6.07, 6.45) is -3.87. The zero-order chi connectivity index (χ0) is 16.4. The van der Waals surface area contributed by atoms with Crippen molar-refractivity contribution in [2.75, 3.05) is 26.2 Å². The number of halogens is 3. The topological polar surface area (TPSA) is 12.5 Å². The second-order valence-corrected chi connectivity index (χ2v) is 6.95. The van der Waals surface area contributed by atoms with Crippen LogP contribution in [0.1, 0.15) is 32.8 Å². The maximum Gasteiger partial charge on any atom is 0.393 e. The molecule has 124 valence electrons. The molecular weight excluding hydrogens is 291 g/mol. The number of alkyl halides is 3. The summed E-state index contributed by atoms with van der Waals surface area (Å²) in [4.78, 5) is 1.82. The third kappa shape index (κ3) is 4.63. The fourth-order valence-electron chi connectivity index (χ4n) is 2.65. The number of likely N-dealkylation sites (tertiary alicyclic amines) is 1. The summed E-state index contributed by atoms with van der Waals surface area (Å²) in [5.41, 5.74) is 1.33. The molecule has 0 amide bonds. The van der Waals surface area contributed by atoms with Gasteiger partial charge in [0.05, 0.1) is 5.92 Å². The fourth-order valence-corrected chi connectivity index (χ4v) is 2.65. The number of hydrogen-bond donors (Lipinski definition) is 0. The SMILES string of the molecule is CC(C)(C)c1ccc(OCCN2CC[C@@H](C(F)(F)F)C2)cc1. The Morgan fingerprint density at radius 2 is 1.77 bits per heavy atom. The third-order valence-corrected chi connectivity index (χ3v) is 4.13. The second-order valence-electron chi connectivity index (χ2n) is 6.95. The number of hydrogen-bond acceptors (Lipinski definition) is 2.